The maximum atomic E-state index is 5.22. The number of tetrazole rings is 1. The van der Waals surface area contributed by atoms with E-state index < -0.39 is 0 Å². The summed E-state index contributed by atoms with van der Waals surface area (Å²) in [4.78, 5) is 0. The van der Waals surface area contributed by atoms with Gasteiger partial charge in [-0.1, -0.05) is 11.3 Å². The molecule has 6 nitrogen and oxygen atoms in total. The first-order valence-corrected chi connectivity index (χ1v) is 6.74. The molecule has 0 amide bonds. The molecule has 19 heavy (non-hydrogen) atoms. The number of benzene rings is 1. The fourth-order valence-corrected chi connectivity index (χ4v) is 2.41. The van der Waals surface area contributed by atoms with Gasteiger partial charge in [0, 0.05) is 6.04 Å². The predicted octanol–water partition coefficient (Wildman–Crippen LogP) is 2.38. The number of aromatic amines is 1. The zero-order chi connectivity index (χ0) is 13.8. The maximum Gasteiger partial charge on any atom is 0.191 e. The first kappa shape index (κ1) is 14.0. The SMILES string of the molecule is COc1ccc(C(C)NC(C)c2nn[nH]n2)cc1Br. The van der Waals surface area contributed by atoms with Crippen molar-refractivity contribution in [1.29, 1.82) is 0 Å². The fourth-order valence-electron chi connectivity index (χ4n) is 1.85. The topological polar surface area (TPSA) is 75.7 Å². The van der Waals surface area contributed by atoms with E-state index >= 15 is 0 Å². The molecule has 0 radical (unpaired) electrons. The van der Waals surface area contributed by atoms with Crippen molar-refractivity contribution >= 4 is 15.9 Å². The van der Waals surface area contributed by atoms with Crippen LogP contribution in [0.25, 0.3) is 0 Å². The molecular formula is C12H16BrN5O. The van der Waals surface area contributed by atoms with Crippen LogP contribution in [0.2, 0.25) is 0 Å². The lowest BCUT2D eigenvalue weighted by molar-refractivity contribution is 0.411. The number of methoxy groups -OCH3 is 1. The quantitative estimate of drug-likeness (QED) is 0.882. The molecule has 2 unspecified atom stereocenters. The van der Waals surface area contributed by atoms with E-state index in [0.29, 0.717) is 5.82 Å². The van der Waals surface area contributed by atoms with Crippen LogP contribution in [-0.4, -0.2) is 27.7 Å². The minimum atomic E-state index is 0.0228. The number of hydrogen-bond acceptors (Lipinski definition) is 5. The highest BCUT2D eigenvalue weighted by Gasteiger charge is 2.15. The second-order valence-electron chi connectivity index (χ2n) is 4.27. The van der Waals surface area contributed by atoms with Gasteiger partial charge >= 0.3 is 0 Å². The first-order valence-electron chi connectivity index (χ1n) is 5.94. The molecule has 0 aliphatic rings. The zero-order valence-corrected chi connectivity index (χ0v) is 12.6. The third-order valence-corrected chi connectivity index (χ3v) is 3.54. The lowest BCUT2D eigenvalue weighted by Gasteiger charge is -2.18. The van der Waals surface area contributed by atoms with E-state index in [-0.39, 0.29) is 12.1 Å². The van der Waals surface area contributed by atoms with Gasteiger partial charge in [-0.05, 0) is 47.5 Å². The van der Waals surface area contributed by atoms with Crippen LogP contribution in [0.5, 0.6) is 5.75 Å². The highest BCUT2D eigenvalue weighted by Crippen LogP contribution is 2.28. The summed E-state index contributed by atoms with van der Waals surface area (Å²) in [5, 5.41) is 17.4. The first-order chi connectivity index (χ1) is 9.11. The van der Waals surface area contributed by atoms with Crippen molar-refractivity contribution in [3.05, 3.63) is 34.1 Å². The van der Waals surface area contributed by atoms with Crippen LogP contribution in [0.4, 0.5) is 0 Å². The van der Waals surface area contributed by atoms with Gasteiger partial charge in [-0.2, -0.15) is 5.21 Å². The number of nitrogens with one attached hydrogen (secondary N) is 2. The van der Waals surface area contributed by atoms with Gasteiger partial charge in [0.15, 0.2) is 5.82 Å². The minimum absolute atomic E-state index is 0.0228. The molecule has 7 heteroatoms. The van der Waals surface area contributed by atoms with Gasteiger partial charge in [0.2, 0.25) is 0 Å². The number of hydrogen-bond donors (Lipinski definition) is 2. The summed E-state index contributed by atoms with van der Waals surface area (Å²) in [6.07, 6.45) is 0. The molecule has 1 heterocycles. The fraction of sp³-hybridized carbons (Fsp3) is 0.417. The number of rotatable bonds is 5. The van der Waals surface area contributed by atoms with E-state index in [9.17, 15) is 0 Å². The molecule has 0 bridgehead atoms. The van der Waals surface area contributed by atoms with E-state index in [4.69, 9.17) is 4.74 Å². The van der Waals surface area contributed by atoms with Crippen molar-refractivity contribution in [2.24, 2.45) is 0 Å². The summed E-state index contributed by atoms with van der Waals surface area (Å²) in [6, 6.07) is 6.20. The average molecular weight is 326 g/mol. The zero-order valence-electron chi connectivity index (χ0n) is 11.0. The molecule has 2 atom stereocenters. The molecule has 0 saturated heterocycles. The molecule has 1 aromatic carbocycles. The van der Waals surface area contributed by atoms with Gasteiger partial charge in [-0.25, -0.2) is 0 Å². The summed E-state index contributed by atoms with van der Waals surface area (Å²) >= 11 is 3.49. The molecule has 0 aliphatic carbocycles. The Kier molecular flexibility index (Phi) is 4.49. The number of H-pyrrole nitrogens is 1. The van der Waals surface area contributed by atoms with Crippen molar-refractivity contribution in [1.82, 2.24) is 25.9 Å². The summed E-state index contributed by atoms with van der Waals surface area (Å²) in [5.74, 6) is 1.47. The number of ether oxygens (including phenoxy) is 1. The predicted molar refractivity (Wildman–Crippen MR) is 74.8 cm³/mol. The van der Waals surface area contributed by atoms with Crippen LogP contribution in [0.1, 0.15) is 37.3 Å². The van der Waals surface area contributed by atoms with Gasteiger partial charge in [-0.3, -0.25) is 0 Å². The molecule has 102 valence electrons. The lowest BCUT2D eigenvalue weighted by Crippen LogP contribution is -2.23. The van der Waals surface area contributed by atoms with Crippen LogP contribution < -0.4 is 10.1 Å². The molecule has 0 fully saturated rings. The summed E-state index contributed by atoms with van der Waals surface area (Å²) < 4.78 is 6.16. The number of nitrogens with zero attached hydrogens (tertiary/aromatic N) is 3. The second kappa shape index (κ2) is 6.12. The summed E-state index contributed by atoms with van der Waals surface area (Å²) in [6.45, 7) is 4.09. The second-order valence-corrected chi connectivity index (χ2v) is 5.13. The molecule has 0 aliphatic heterocycles. The van der Waals surface area contributed by atoms with Gasteiger partial charge in [-0.15, -0.1) is 10.2 Å². The van der Waals surface area contributed by atoms with Crippen LogP contribution in [0, 0.1) is 0 Å². The van der Waals surface area contributed by atoms with Crippen LogP contribution >= 0.6 is 15.9 Å². The van der Waals surface area contributed by atoms with Crippen LogP contribution in [0.15, 0.2) is 22.7 Å². The van der Waals surface area contributed by atoms with Crippen LogP contribution in [-0.2, 0) is 0 Å². The monoisotopic (exact) mass is 325 g/mol. The number of aromatic nitrogens is 4. The third kappa shape index (κ3) is 3.30. The van der Waals surface area contributed by atoms with Gasteiger partial charge in [0.1, 0.15) is 5.75 Å². The van der Waals surface area contributed by atoms with Crippen LogP contribution in [0.3, 0.4) is 0 Å². The Labute approximate surface area is 120 Å². The normalized spacial score (nSPS) is 14.1. The smallest absolute Gasteiger partial charge is 0.191 e. The van der Waals surface area contributed by atoms with Crippen molar-refractivity contribution in [3.8, 4) is 5.75 Å². The maximum absolute atomic E-state index is 5.22. The highest BCUT2D eigenvalue weighted by molar-refractivity contribution is 9.10. The van der Waals surface area contributed by atoms with E-state index in [1.54, 1.807) is 7.11 Å². The Morgan fingerprint density at radius 3 is 2.68 bits per heavy atom. The molecular weight excluding hydrogens is 310 g/mol. The molecule has 1 aromatic heterocycles. The Morgan fingerprint density at radius 2 is 2.11 bits per heavy atom. The third-order valence-electron chi connectivity index (χ3n) is 2.92. The summed E-state index contributed by atoms with van der Waals surface area (Å²) in [7, 11) is 1.65. The van der Waals surface area contributed by atoms with E-state index in [1.807, 2.05) is 25.1 Å². The standard InChI is InChI=1S/C12H16BrN5O/c1-7(14-8(2)12-15-17-18-16-12)9-4-5-11(19-3)10(13)6-9/h4-8,14H,1-3H3,(H,15,16,17,18). The van der Waals surface area contributed by atoms with E-state index in [2.05, 4.69) is 48.8 Å². The van der Waals surface area contributed by atoms with E-state index in [1.165, 1.54) is 0 Å². The Balaban J connectivity index is 2.07. The van der Waals surface area contributed by atoms with Crippen molar-refractivity contribution < 1.29 is 4.74 Å². The van der Waals surface area contributed by atoms with Crippen molar-refractivity contribution in [3.63, 3.8) is 0 Å². The van der Waals surface area contributed by atoms with E-state index in [0.717, 1.165) is 15.8 Å². The molecule has 0 spiro atoms. The molecule has 0 saturated carbocycles. The minimum Gasteiger partial charge on any atom is -0.496 e. The van der Waals surface area contributed by atoms with Crippen molar-refractivity contribution in [2.45, 2.75) is 25.9 Å². The van der Waals surface area contributed by atoms with Gasteiger partial charge in [0.05, 0.1) is 17.6 Å². The van der Waals surface area contributed by atoms with Gasteiger partial charge in [0.25, 0.3) is 0 Å². The summed E-state index contributed by atoms with van der Waals surface area (Å²) in [5.41, 5.74) is 1.16. The molecule has 2 aromatic rings. The molecule has 2 N–H and O–H groups in total. The Bertz CT molecular complexity index is 531. The average Bonchev–Trinajstić information content (AvgIpc) is 2.92. The Hall–Kier alpha value is -1.47. The van der Waals surface area contributed by atoms with Gasteiger partial charge < -0.3 is 10.1 Å². The number of halogens is 1. The lowest BCUT2D eigenvalue weighted by atomic mass is 10.1. The van der Waals surface area contributed by atoms with Crippen molar-refractivity contribution in [2.75, 3.05) is 7.11 Å². The highest BCUT2D eigenvalue weighted by atomic mass is 79.9. The Morgan fingerprint density at radius 1 is 1.32 bits per heavy atom. The molecule has 2 rings (SSSR count). The largest absolute Gasteiger partial charge is 0.496 e.